The van der Waals surface area contributed by atoms with E-state index in [0.29, 0.717) is 0 Å². The van der Waals surface area contributed by atoms with Gasteiger partial charge in [0.1, 0.15) is 5.82 Å². The fourth-order valence-electron chi connectivity index (χ4n) is 1.08. The van der Waals surface area contributed by atoms with E-state index in [0.717, 1.165) is 12.5 Å². The van der Waals surface area contributed by atoms with E-state index < -0.39 is 11.7 Å². The van der Waals surface area contributed by atoms with Crippen LogP contribution in [0.3, 0.4) is 0 Å². The van der Waals surface area contributed by atoms with Crippen LogP contribution in [0.1, 0.15) is 30.6 Å². The molecule has 0 unspecified atom stereocenters. The maximum Gasteiger partial charge on any atom is 0.254 e. The normalized spacial score (nSPS) is 12.3. The van der Waals surface area contributed by atoms with Crippen molar-refractivity contribution in [2.45, 2.75) is 26.3 Å². The summed E-state index contributed by atoms with van der Waals surface area (Å²) in [6.45, 7) is 3.81. The minimum Gasteiger partial charge on any atom is -0.350 e. The van der Waals surface area contributed by atoms with Crippen LogP contribution in [-0.4, -0.2) is 11.9 Å². The van der Waals surface area contributed by atoms with Gasteiger partial charge in [0.15, 0.2) is 0 Å². The summed E-state index contributed by atoms with van der Waals surface area (Å²) in [6.07, 6.45) is 0.806. The molecule has 0 spiro atoms. The van der Waals surface area contributed by atoms with E-state index in [-0.39, 0.29) is 16.6 Å². The number of halogens is 2. The van der Waals surface area contributed by atoms with Crippen molar-refractivity contribution in [1.82, 2.24) is 5.32 Å². The number of benzene rings is 1. The van der Waals surface area contributed by atoms with Crippen molar-refractivity contribution < 1.29 is 9.18 Å². The summed E-state index contributed by atoms with van der Waals surface area (Å²) in [4.78, 5) is 11.6. The van der Waals surface area contributed by atoms with E-state index in [1.165, 1.54) is 12.1 Å². The monoisotopic (exact) mass is 229 g/mol. The van der Waals surface area contributed by atoms with Crippen molar-refractivity contribution in [2.75, 3.05) is 0 Å². The predicted molar refractivity (Wildman–Crippen MR) is 58.6 cm³/mol. The second-order valence-electron chi connectivity index (χ2n) is 3.41. The maximum absolute atomic E-state index is 13.3. The highest BCUT2D eigenvalue weighted by Crippen LogP contribution is 2.14. The van der Waals surface area contributed by atoms with Gasteiger partial charge in [-0.05, 0) is 31.5 Å². The number of amides is 1. The van der Waals surface area contributed by atoms with E-state index in [2.05, 4.69) is 5.32 Å². The molecule has 15 heavy (non-hydrogen) atoms. The standard InChI is InChI=1S/C11H13ClFNO/c1-3-7(2)14-11(15)9-5-4-8(12)6-10(9)13/h4-7H,3H2,1-2H3,(H,14,15)/t7-/m1/s1. The van der Waals surface area contributed by atoms with Crippen LogP contribution in [0.25, 0.3) is 0 Å². The molecule has 0 aliphatic heterocycles. The molecular formula is C11H13ClFNO. The fraction of sp³-hybridized carbons (Fsp3) is 0.364. The highest BCUT2D eigenvalue weighted by Gasteiger charge is 2.13. The van der Waals surface area contributed by atoms with Gasteiger partial charge in [-0.1, -0.05) is 18.5 Å². The average Bonchev–Trinajstić information content (AvgIpc) is 2.17. The molecule has 1 amide bonds. The maximum atomic E-state index is 13.3. The first-order chi connectivity index (χ1) is 7.04. The van der Waals surface area contributed by atoms with E-state index in [9.17, 15) is 9.18 Å². The molecule has 0 heterocycles. The molecule has 0 aliphatic carbocycles. The van der Waals surface area contributed by atoms with Crippen LogP contribution in [0.4, 0.5) is 4.39 Å². The van der Waals surface area contributed by atoms with Gasteiger partial charge in [-0.3, -0.25) is 4.79 Å². The Balaban J connectivity index is 2.82. The zero-order valence-corrected chi connectivity index (χ0v) is 9.44. The quantitative estimate of drug-likeness (QED) is 0.848. The van der Waals surface area contributed by atoms with Gasteiger partial charge in [0.25, 0.3) is 5.91 Å². The molecule has 0 aliphatic rings. The zero-order chi connectivity index (χ0) is 11.4. The lowest BCUT2D eigenvalue weighted by Gasteiger charge is -2.11. The summed E-state index contributed by atoms with van der Waals surface area (Å²) in [5.74, 6) is -0.998. The molecule has 0 aromatic heterocycles. The van der Waals surface area contributed by atoms with Gasteiger partial charge >= 0.3 is 0 Å². The Morgan fingerprint density at radius 1 is 1.60 bits per heavy atom. The Morgan fingerprint density at radius 3 is 2.80 bits per heavy atom. The fourth-order valence-corrected chi connectivity index (χ4v) is 1.24. The Kier molecular flexibility index (Phi) is 4.09. The lowest BCUT2D eigenvalue weighted by Crippen LogP contribution is -2.32. The summed E-state index contributed by atoms with van der Waals surface area (Å²) >= 11 is 5.58. The molecule has 1 N–H and O–H groups in total. The minimum atomic E-state index is -0.594. The van der Waals surface area contributed by atoms with Crippen LogP contribution in [0.5, 0.6) is 0 Å². The van der Waals surface area contributed by atoms with Gasteiger partial charge in [-0.15, -0.1) is 0 Å². The Morgan fingerprint density at radius 2 is 2.27 bits per heavy atom. The van der Waals surface area contributed by atoms with E-state index >= 15 is 0 Å². The zero-order valence-electron chi connectivity index (χ0n) is 8.68. The van der Waals surface area contributed by atoms with Gasteiger partial charge in [-0.25, -0.2) is 4.39 Å². The molecule has 0 fully saturated rings. The topological polar surface area (TPSA) is 29.1 Å². The van der Waals surface area contributed by atoms with Gasteiger partial charge < -0.3 is 5.32 Å². The largest absolute Gasteiger partial charge is 0.350 e. The van der Waals surface area contributed by atoms with Crippen molar-refractivity contribution in [3.63, 3.8) is 0 Å². The predicted octanol–water partition coefficient (Wildman–Crippen LogP) is 3.01. The SMILES string of the molecule is CC[C@@H](C)NC(=O)c1ccc(Cl)cc1F. The van der Waals surface area contributed by atoms with Gasteiger partial charge in [0.2, 0.25) is 0 Å². The molecule has 0 bridgehead atoms. The van der Waals surface area contributed by atoms with Crippen molar-refractivity contribution in [2.24, 2.45) is 0 Å². The third-order valence-corrected chi connectivity index (χ3v) is 2.40. The second-order valence-corrected chi connectivity index (χ2v) is 3.84. The summed E-state index contributed by atoms with van der Waals surface area (Å²) in [6, 6.07) is 4.05. The number of rotatable bonds is 3. The van der Waals surface area contributed by atoms with E-state index in [1.807, 2.05) is 13.8 Å². The van der Waals surface area contributed by atoms with Gasteiger partial charge in [0, 0.05) is 11.1 Å². The highest BCUT2D eigenvalue weighted by atomic mass is 35.5. The third-order valence-electron chi connectivity index (χ3n) is 2.17. The molecule has 2 nitrogen and oxygen atoms in total. The average molecular weight is 230 g/mol. The first-order valence-corrected chi connectivity index (χ1v) is 5.18. The van der Waals surface area contributed by atoms with Crippen molar-refractivity contribution >= 4 is 17.5 Å². The highest BCUT2D eigenvalue weighted by molar-refractivity contribution is 6.30. The Hall–Kier alpha value is -1.09. The molecule has 1 rings (SSSR count). The van der Waals surface area contributed by atoms with Crippen LogP contribution in [0, 0.1) is 5.82 Å². The smallest absolute Gasteiger partial charge is 0.254 e. The Labute approximate surface area is 93.4 Å². The van der Waals surface area contributed by atoms with Crippen LogP contribution in [-0.2, 0) is 0 Å². The number of carbonyl (C=O) groups is 1. The van der Waals surface area contributed by atoms with Crippen molar-refractivity contribution in [1.29, 1.82) is 0 Å². The number of nitrogens with one attached hydrogen (secondary N) is 1. The summed E-state index contributed by atoms with van der Waals surface area (Å²) < 4.78 is 13.3. The molecular weight excluding hydrogens is 217 g/mol. The first-order valence-electron chi connectivity index (χ1n) is 4.80. The number of hydrogen-bond acceptors (Lipinski definition) is 1. The van der Waals surface area contributed by atoms with Gasteiger partial charge in [0.05, 0.1) is 5.56 Å². The summed E-state index contributed by atoms with van der Waals surface area (Å²) in [5, 5.41) is 2.97. The number of carbonyl (C=O) groups excluding carboxylic acids is 1. The molecule has 0 saturated heterocycles. The lowest BCUT2D eigenvalue weighted by atomic mass is 10.1. The molecule has 4 heteroatoms. The van der Waals surface area contributed by atoms with Crippen LogP contribution >= 0.6 is 11.6 Å². The summed E-state index contributed by atoms with van der Waals surface area (Å²) in [7, 11) is 0. The number of hydrogen-bond donors (Lipinski definition) is 1. The molecule has 0 saturated carbocycles. The third kappa shape index (κ3) is 3.20. The minimum absolute atomic E-state index is 0.0275. The molecule has 1 aromatic rings. The molecule has 82 valence electrons. The van der Waals surface area contributed by atoms with Crippen molar-refractivity contribution in [3.05, 3.63) is 34.6 Å². The molecule has 1 atom stereocenters. The first kappa shape index (κ1) is 12.0. The molecule has 1 aromatic carbocycles. The van der Waals surface area contributed by atoms with Crippen LogP contribution in [0.15, 0.2) is 18.2 Å². The second kappa shape index (κ2) is 5.12. The molecule has 0 radical (unpaired) electrons. The Bertz CT molecular complexity index is 368. The van der Waals surface area contributed by atoms with Crippen molar-refractivity contribution in [3.8, 4) is 0 Å². The van der Waals surface area contributed by atoms with Crippen LogP contribution < -0.4 is 5.32 Å². The van der Waals surface area contributed by atoms with E-state index in [1.54, 1.807) is 0 Å². The lowest BCUT2D eigenvalue weighted by molar-refractivity contribution is 0.0935. The summed E-state index contributed by atoms with van der Waals surface area (Å²) in [5.41, 5.74) is 0.0275. The van der Waals surface area contributed by atoms with E-state index in [4.69, 9.17) is 11.6 Å². The van der Waals surface area contributed by atoms with Crippen LogP contribution in [0.2, 0.25) is 5.02 Å². The van der Waals surface area contributed by atoms with Gasteiger partial charge in [-0.2, -0.15) is 0 Å².